The van der Waals surface area contributed by atoms with Gasteiger partial charge < -0.3 is 5.32 Å². The van der Waals surface area contributed by atoms with Gasteiger partial charge in [-0.3, -0.25) is 9.59 Å². The average molecular weight is 319 g/mol. The van der Waals surface area contributed by atoms with Crippen molar-refractivity contribution in [2.45, 2.75) is 12.5 Å². The van der Waals surface area contributed by atoms with Crippen LogP contribution < -0.4 is 10.2 Å². The molecule has 1 heterocycles. The molecule has 1 fully saturated rings. The van der Waals surface area contributed by atoms with Gasteiger partial charge in [-0.2, -0.15) is 0 Å². The van der Waals surface area contributed by atoms with Crippen LogP contribution in [-0.4, -0.2) is 17.9 Å². The molecule has 0 radical (unpaired) electrons. The Morgan fingerprint density at radius 2 is 1.68 bits per heavy atom. The molecule has 0 aliphatic carbocycles. The highest BCUT2D eigenvalue weighted by atomic mass is 35.5. The molecular weight excluding hydrogens is 307 g/mol. The first-order valence-electron chi connectivity index (χ1n) is 6.69. The summed E-state index contributed by atoms with van der Waals surface area (Å²) in [4.78, 5) is 25.5. The van der Waals surface area contributed by atoms with Crippen molar-refractivity contribution in [3.05, 3.63) is 59.4 Å². The molecule has 6 heteroatoms. The van der Waals surface area contributed by atoms with Gasteiger partial charge in [-0.05, 0) is 48.5 Å². The molecule has 1 saturated heterocycles. The molecule has 2 amide bonds. The Bertz CT molecular complexity index is 716. The predicted molar refractivity (Wildman–Crippen MR) is 82.4 cm³/mol. The fraction of sp³-hybridized carbons (Fsp3) is 0.125. The third-order valence-electron chi connectivity index (χ3n) is 3.42. The summed E-state index contributed by atoms with van der Waals surface area (Å²) in [7, 11) is 0. The van der Waals surface area contributed by atoms with E-state index >= 15 is 0 Å². The minimum Gasteiger partial charge on any atom is -0.373 e. The van der Waals surface area contributed by atoms with Crippen LogP contribution in [0, 0.1) is 5.82 Å². The number of rotatable bonds is 3. The van der Waals surface area contributed by atoms with E-state index in [0.717, 1.165) is 4.90 Å². The molecular formula is C16H12ClFN2O2. The van der Waals surface area contributed by atoms with Crippen molar-refractivity contribution in [1.29, 1.82) is 0 Å². The molecule has 4 nitrogen and oxygen atoms in total. The number of carbonyl (C=O) groups excluding carboxylic acids is 2. The zero-order chi connectivity index (χ0) is 15.7. The van der Waals surface area contributed by atoms with Crippen LogP contribution in [0.4, 0.5) is 15.8 Å². The molecule has 3 rings (SSSR count). The Morgan fingerprint density at radius 1 is 1.05 bits per heavy atom. The van der Waals surface area contributed by atoms with E-state index in [0.29, 0.717) is 16.4 Å². The molecule has 0 saturated carbocycles. The van der Waals surface area contributed by atoms with E-state index in [1.807, 2.05) is 0 Å². The van der Waals surface area contributed by atoms with Gasteiger partial charge in [-0.25, -0.2) is 9.29 Å². The number of nitrogens with one attached hydrogen (secondary N) is 1. The van der Waals surface area contributed by atoms with Crippen molar-refractivity contribution >= 4 is 34.8 Å². The second kappa shape index (κ2) is 5.77. The third-order valence-corrected chi connectivity index (χ3v) is 3.67. The van der Waals surface area contributed by atoms with E-state index in [-0.39, 0.29) is 18.2 Å². The minimum atomic E-state index is -0.640. The number of amides is 2. The second-order valence-corrected chi connectivity index (χ2v) is 5.39. The summed E-state index contributed by atoms with van der Waals surface area (Å²) in [6, 6.07) is 11.5. The second-order valence-electron chi connectivity index (χ2n) is 4.95. The Hall–Kier alpha value is -2.40. The summed E-state index contributed by atoms with van der Waals surface area (Å²) >= 11 is 5.81. The van der Waals surface area contributed by atoms with Crippen LogP contribution in [0.2, 0.25) is 5.02 Å². The van der Waals surface area contributed by atoms with E-state index in [4.69, 9.17) is 11.6 Å². The van der Waals surface area contributed by atoms with E-state index in [9.17, 15) is 14.0 Å². The molecule has 0 aromatic heterocycles. The lowest BCUT2D eigenvalue weighted by atomic mass is 10.2. The fourth-order valence-corrected chi connectivity index (χ4v) is 2.48. The summed E-state index contributed by atoms with van der Waals surface area (Å²) < 4.78 is 13.0. The van der Waals surface area contributed by atoms with E-state index < -0.39 is 11.9 Å². The zero-order valence-corrected chi connectivity index (χ0v) is 12.2. The summed E-state index contributed by atoms with van der Waals surface area (Å²) in [6.07, 6.45) is 0.0544. The van der Waals surface area contributed by atoms with Crippen LogP contribution >= 0.6 is 11.6 Å². The molecule has 2 aromatic rings. The van der Waals surface area contributed by atoms with Crippen LogP contribution in [0.15, 0.2) is 48.5 Å². The van der Waals surface area contributed by atoms with Crippen molar-refractivity contribution < 1.29 is 14.0 Å². The van der Waals surface area contributed by atoms with Gasteiger partial charge in [-0.1, -0.05) is 11.6 Å². The van der Waals surface area contributed by atoms with Crippen LogP contribution in [0.1, 0.15) is 6.42 Å². The predicted octanol–water partition coefficient (Wildman–Crippen LogP) is 3.22. The number of halogens is 2. The fourth-order valence-electron chi connectivity index (χ4n) is 2.35. The smallest absolute Gasteiger partial charge is 0.256 e. The molecule has 1 unspecified atom stereocenters. The lowest BCUT2D eigenvalue weighted by molar-refractivity contribution is -0.121. The van der Waals surface area contributed by atoms with Gasteiger partial charge in [0.1, 0.15) is 11.9 Å². The van der Waals surface area contributed by atoms with Gasteiger partial charge in [0, 0.05) is 10.7 Å². The first kappa shape index (κ1) is 14.5. The number of benzene rings is 2. The first-order chi connectivity index (χ1) is 10.5. The maximum Gasteiger partial charge on any atom is 0.256 e. The van der Waals surface area contributed by atoms with E-state index in [1.54, 1.807) is 24.3 Å². The normalized spacial score (nSPS) is 17.9. The van der Waals surface area contributed by atoms with E-state index in [2.05, 4.69) is 5.32 Å². The lowest BCUT2D eigenvalue weighted by Crippen LogP contribution is -2.34. The van der Waals surface area contributed by atoms with Crippen LogP contribution in [-0.2, 0) is 9.59 Å². The lowest BCUT2D eigenvalue weighted by Gasteiger charge is -2.16. The molecule has 1 aliphatic heterocycles. The van der Waals surface area contributed by atoms with Gasteiger partial charge in [0.15, 0.2) is 0 Å². The number of hydrogen-bond acceptors (Lipinski definition) is 3. The van der Waals surface area contributed by atoms with Crippen molar-refractivity contribution in [1.82, 2.24) is 0 Å². The summed E-state index contributed by atoms with van der Waals surface area (Å²) in [5, 5.41) is 3.60. The van der Waals surface area contributed by atoms with Crippen molar-refractivity contribution in [2.75, 3.05) is 10.2 Å². The number of carbonyl (C=O) groups is 2. The Morgan fingerprint density at radius 3 is 2.32 bits per heavy atom. The SMILES string of the molecule is O=C1CC(Nc2ccc(Cl)cc2)C(=O)N1c1ccc(F)cc1. The summed E-state index contributed by atoms with van der Waals surface area (Å²) in [6.45, 7) is 0. The van der Waals surface area contributed by atoms with Crippen molar-refractivity contribution in [3.63, 3.8) is 0 Å². The average Bonchev–Trinajstić information content (AvgIpc) is 2.77. The molecule has 112 valence electrons. The van der Waals surface area contributed by atoms with Crippen LogP contribution in [0.3, 0.4) is 0 Å². The van der Waals surface area contributed by atoms with Gasteiger partial charge >= 0.3 is 0 Å². The highest BCUT2D eigenvalue weighted by Crippen LogP contribution is 2.25. The van der Waals surface area contributed by atoms with Crippen molar-refractivity contribution in [2.24, 2.45) is 0 Å². The quantitative estimate of drug-likeness (QED) is 0.884. The number of imide groups is 1. The van der Waals surface area contributed by atoms with Gasteiger partial charge in [0.05, 0.1) is 12.1 Å². The number of anilines is 2. The first-order valence-corrected chi connectivity index (χ1v) is 7.07. The molecule has 1 N–H and O–H groups in total. The summed E-state index contributed by atoms with van der Waals surface area (Å²) in [5.41, 5.74) is 1.08. The molecule has 22 heavy (non-hydrogen) atoms. The molecule has 0 bridgehead atoms. The highest BCUT2D eigenvalue weighted by molar-refractivity contribution is 6.30. The maximum absolute atomic E-state index is 13.0. The zero-order valence-electron chi connectivity index (χ0n) is 11.4. The van der Waals surface area contributed by atoms with Crippen molar-refractivity contribution in [3.8, 4) is 0 Å². The Labute approximate surface area is 131 Å². The molecule has 2 aromatic carbocycles. The standard InChI is InChI=1S/C16H12ClFN2O2/c17-10-1-5-12(6-2-10)19-14-9-15(21)20(16(14)22)13-7-3-11(18)4-8-13/h1-8,14,19H,9H2. The number of hydrogen-bond donors (Lipinski definition) is 1. The van der Waals surface area contributed by atoms with Gasteiger partial charge in [-0.15, -0.1) is 0 Å². The van der Waals surface area contributed by atoms with E-state index in [1.165, 1.54) is 24.3 Å². The summed E-state index contributed by atoms with van der Waals surface area (Å²) in [5.74, 6) is -1.09. The topological polar surface area (TPSA) is 49.4 Å². The molecule has 1 aliphatic rings. The number of nitrogens with zero attached hydrogens (tertiary/aromatic N) is 1. The highest BCUT2D eigenvalue weighted by Gasteiger charge is 2.39. The third kappa shape index (κ3) is 2.80. The van der Waals surface area contributed by atoms with Crippen LogP contribution in [0.5, 0.6) is 0 Å². The minimum absolute atomic E-state index is 0.0544. The van der Waals surface area contributed by atoms with Gasteiger partial charge in [0.25, 0.3) is 5.91 Å². The monoisotopic (exact) mass is 318 g/mol. The maximum atomic E-state index is 13.0. The Kier molecular flexibility index (Phi) is 3.81. The largest absolute Gasteiger partial charge is 0.373 e. The molecule has 1 atom stereocenters. The Balaban J connectivity index is 1.79. The van der Waals surface area contributed by atoms with Gasteiger partial charge in [0.2, 0.25) is 5.91 Å². The van der Waals surface area contributed by atoms with Crippen LogP contribution in [0.25, 0.3) is 0 Å². The molecule has 0 spiro atoms.